The smallest absolute Gasteiger partial charge is 0.237 e. The van der Waals surface area contributed by atoms with E-state index in [-0.39, 0.29) is 11.9 Å². The van der Waals surface area contributed by atoms with Gasteiger partial charge in [0.25, 0.3) is 0 Å². The molecule has 0 aliphatic heterocycles. The summed E-state index contributed by atoms with van der Waals surface area (Å²) in [5.74, 6) is 1.28. The van der Waals surface area contributed by atoms with Crippen LogP contribution in [-0.4, -0.2) is 26.2 Å². The van der Waals surface area contributed by atoms with Crippen molar-refractivity contribution in [1.82, 2.24) is 5.32 Å². The molecule has 0 fully saturated rings. The molecule has 0 saturated heterocycles. The monoisotopic (exact) mass is 280 g/mol. The Bertz CT molecular complexity index is 449. The highest BCUT2D eigenvalue weighted by atomic mass is 16.5. The predicted octanol–water partition coefficient (Wildman–Crippen LogP) is 2.01. The van der Waals surface area contributed by atoms with Gasteiger partial charge in [0, 0.05) is 5.56 Å². The van der Waals surface area contributed by atoms with Gasteiger partial charge in [-0.2, -0.15) is 0 Å². The number of methoxy groups -OCH3 is 2. The number of amides is 1. The third kappa shape index (κ3) is 4.13. The lowest BCUT2D eigenvalue weighted by atomic mass is 10.1. The Morgan fingerprint density at radius 1 is 1.35 bits per heavy atom. The van der Waals surface area contributed by atoms with Crippen molar-refractivity contribution in [2.75, 3.05) is 14.2 Å². The zero-order valence-corrected chi connectivity index (χ0v) is 12.6. The standard InChI is InChI=1S/C15H24N2O3/c1-5-6-13(16)15(18)17-10(2)12-9-11(19-3)7-8-14(12)20-4/h7-10,13H,5-6,16H2,1-4H3,(H,17,18)/t10?,13-/m0/s1. The predicted molar refractivity (Wildman–Crippen MR) is 79.0 cm³/mol. The number of rotatable bonds is 7. The maximum atomic E-state index is 12.0. The summed E-state index contributed by atoms with van der Waals surface area (Å²) in [4.78, 5) is 12.0. The first-order valence-electron chi connectivity index (χ1n) is 6.81. The van der Waals surface area contributed by atoms with Crippen LogP contribution in [0.5, 0.6) is 11.5 Å². The topological polar surface area (TPSA) is 73.6 Å². The van der Waals surface area contributed by atoms with Crippen LogP contribution in [0.2, 0.25) is 0 Å². The third-order valence-corrected chi connectivity index (χ3v) is 3.20. The summed E-state index contributed by atoms with van der Waals surface area (Å²) in [7, 11) is 3.20. The SMILES string of the molecule is CCC[C@H](N)C(=O)NC(C)c1cc(OC)ccc1OC. The Labute approximate surface area is 120 Å². The molecule has 1 amide bonds. The number of hydrogen-bond acceptors (Lipinski definition) is 4. The van der Waals surface area contributed by atoms with Gasteiger partial charge in [-0.15, -0.1) is 0 Å². The first-order chi connectivity index (χ1) is 9.53. The van der Waals surface area contributed by atoms with E-state index < -0.39 is 6.04 Å². The maximum Gasteiger partial charge on any atom is 0.237 e. The minimum absolute atomic E-state index is 0.149. The van der Waals surface area contributed by atoms with Gasteiger partial charge in [0.1, 0.15) is 11.5 Å². The molecule has 0 aliphatic carbocycles. The Morgan fingerprint density at radius 3 is 2.60 bits per heavy atom. The van der Waals surface area contributed by atoms with E-state index in [4.69, 9.17) is 15.2 Å². The van der Waals surface area contributed by atoms with Crippen LogP contribution in [-0.2, 0) is 4.79 Å². The van der Waals surface area contributed by atoms with E-state index >= 15 is 0 Å². The average Bonchev–Trinajstić information content (AvgIpc) is 2.46. The number of nitrogens with one attached hydrogen (secondary N) is 1. The van der Waals surface area contributed by atoms with Crippen LogP contribution in [0, 0.1) is 0 Å². The summed E-state index contributed by atoms with van der Waals surface area (Å²) in [5, 5.41) is 2.91. The summed E-state index contributed by atoms with van der Waals surface area (Å²) < 4.78 is 10.5. The normalized spacial score (nSPS) is 13.4. The number of carbonyl (C=O) groups is 1. The van der Waals surface area contributed by atoms with Crippen LogP contribution in [0.4, 0.5) is 0 Å². The van der Waals surface area contributed by atoms with Crippen molar-refractivity contribution in [3.8, 4) is 11.5 Å². The van der Waals surface area contributed by atoms with E-state index in [2.05, 4.69) is 5.32 Å². The van der Waals surface area contributed by atoms with Crippen LogP contribution >= 0.6 is 0 Å². The summed E-state index contributed by atoms with van der Waals surface area (Å²) in [6, 6.07) is 4.83. The molecule has 1 rings (SSSR count). The molecule has 0 heterocycles. The molecule has 0 aliphatic rings. The van der Waals surface area contributed by atoms with Crippen molar-refractivity contribution < 1.29 is 14.3 Å². The van der Waals surface area contributed by atoms with Crippen molar-refractivity contribution in [3.05, 3.63) is 23.8 Å². The summed E-state index contributed by atoms with van der Waals surface area (Å²) in [6.45, 7) is 3.90. The van der Waals surface area contributed by atoms with Crippen LogP contribution in [0.15, 0.2) is 18.2 Å². The zero-order chi connectivity index (χ0) is 15.1. The number of nitrogens with two attached hydrogens (primary N) is 1. The van der Waals surface area contributed by atoms with E-state index in [1.165, 1.54) is 0 Å². The molecule has 5 nitrogen and oxygen atoms in total. The zero-order valence-electron chi connectivity index (χ0n) is 12.6. The van der Waals surface area contributed by atoms with E-state index in [0.29, 0.717) is 12.2 Å². The Morgan fingerprint density at radius 2 is 2.05 bits per heavy atom. The highest BCUT2D eigenvalue weighted by molar-refractivity contribution is 5.81. The minimum Gasteiger partial charge on any atom is -0.497 e. The highest BCUT2D eigenvalue weighted by Gasteiger charge is 2.18. The third-order valence-electron chi connectivity index (χ3n) is 3.20. The van der Waals surface area contributed by atoms with Crippen LogP contribution < -0.4 is 20.5 Å². The number of ether oxygens (including phenoxy) is 2. The lowest BCUT2D eigenvalue weighted by Crippen LogP contribution is -2.41. The van der Waals surface area contributed by atoms with Gasteiger partial charge in [-0.05, 0) is 31.5 Å². The summed E-state index contributed by atoms with van der Waals surface area (Å²) in [5.41, 5.74) is 6.68. The number of hydrogen-bond donors (Lipinski definition) is 2. The molecule has 0 spiro atoms. The van der Waals surface area contributed by atoms with Crippen molar-refractivity contribution >= 4 is 5.91 Å². The molecular formula is C15H24N2O3. The van der Waals surface area contributed by atoms with Crippen molar-refractivity contribution in [2.24, 2.45) is 5.73 Å². The Balaban J connectivity index is 2.85. The second-order valence-corrected chi connectivity index (χ2v) is 4.73. The van der Waals surface area contributed by atoms with Crippen LogP contribution in [0.25, 0.3) is 0 Å². The van der Waals surface area contributed by atoms with Crippen molar-refractivity contribution in [1.29, 1.82) is 0 Å². The molecule has 0 aromatic heterocycles. The summed E-state index contributed by atoms with van der Waals surface area (Å²) >= 11 is 0. The lowest BCUT2D eigenvalue weighted by molar-refractivity contribution is -0.123. The Hall–Kier alpha value is -1.75. The largest absolute Gasteiger partial charge is 0.497 e. The van der Waals surface area contributed by atoms with Gasteiger partial charge in [0.15, 0.2) is 0 Å². The molecule has 0 radical (unpaired) electrons. The molecule has 0 saturated carbocycles. The number of carbonyl (C=O) groups excluding carboxylic acids is 1. The second-order valence-electron chi connectivity index (χ2n) is 4.73. The van der Waals surface area contributed by atoms with Crippen LogP contribution in [0.1, 0.15) is 38.3 Å². The van der Waals surface area contributed by atoms with E-state index in [1.807, 2.05) is 32.0 Å². The van der Waals surface area contributed by atoms with Crippen LogP contribution in [0.3, 0.4) is 0 Å². The highest BCUT2D eigenvalue weighted by Crippen LogP contribution is 2.29. The van der Waals surface area contributed by atoms with Gasteiger partial charge in [0.2, 0.25) is 5.91 Å². The molecule has 3 N–H and O–H groups in total. The molecule has 20 heavy (non-hydrogen) atoms. The fourth-order valence-corrected chi connectivity index (χ4v) is 2.02. The van der Waals surface area contributed by atoms with Gasteiger partial charge in [-0.1, -0.05) is 13.3 Å². The van der Waals surface area contributed by atoms with Crippen molar-refractivity contribution in [2.45, 2.75) is 38.8 Å². The molecule has 1 aromatic rings. The second kappa shape index (κ2) is 7.75. The first kappa shape index (κ1) is 16.3. The fraction of sp³-hybridized carbons (Fsp3) is 0.533. The van der Waals surface area contributed by atoms with E-state index in [9.17, 15) is 4.79 Å². The molecule has 5 heteroatoms. The Kier molecular flexibility index (Phi) is 6.31. The maximum absolute atomic E-state index is 12.0. The van der Waals surface area contributed by atoms with Crippen molar-refractivity contribution in [3.63, 3.8) is 0 Å². The van der Waals surface area contributed by atoms with Gasteiger partial charge < -0.3 is 20.5 Å². The molecule has 112 valence electrons. The van der Waals surface area contributed by atoms with Gasteiger partial charge in [0.05, 0.1) is 26.3 Å². The summed E-state index contributed by atoms with van der Waals surface area (Å²) in [6.07, 6.45) is 1.55. The quantitative estimate of drug-likeness (QED) is 0.801. The van der Waals surface area contributed by atoms with Gasteiger partial charge >= 0.3 is 0 Å². The average molecular weight is 280 g/mol. The minimum atomic E-state index is -0.473. The molecule has 1 unspecified atom stereocenters. The molecule has 1 aromatic carbocycles. The first-order valence-corrected chi connectivity index (χ1v) is 6.81. The van der Waals surface area contributed by atoms with E-state index in [1.54, 1.807) is 14.2 Å². The molecular weight excluding hydrogens is 256 g/mol. The fourth-order valence-electron chi connectivity index (χ4n) is 2.02. The lowest BCUT2D eigenvalue weighted by Gasteiger charge is -2.20. The van der Waals surface area contributed by atoms with E-state index in [0.717, 1.165) is 17.7 Å². The molecule has 0 bridgehead atoms. The molecule has 2 atom stereocenters. The van der Waals surface area contributed by atoms with Gasteiger partial charge in [-0.25, -0.2) is 0 Å². The number of benzene rings is 1. The van der Waals surface area contributed by atoms with Gasteiger partial charge in [-0.3, -0.25) is 4.79 Å².